The van der Waals surface area contributed by atoms with Crippen molar-refractivity contribution in [1.29, 1.82) is 0 Å². The molecule has 0 aromatic heterocycles. The molecule has 1 fully saturated rings. The third-order valence-electron chi connectivity index (χ3n) is 8.91. The number of hydrogen-bond acceptors (Lipinski definition) is 2. The van der Waals surface area contributed by atoms with Crippen LogP contribution in [0.2, 0.25) is 0 Å². The van der Waals surface area contributed by atoms with E-state index in [0.717, 1.165) is 11.1 Å². The van der Waals surface area contributed by atoms with Gasteiger partial charge in [-0.05, 0) is 76.5 Å². The Labute approximate surface area is 250 Å². The van der Waals surface area contributed by atoms with E-state index in [0.29, 0.717) is 6.61 Å². The second-order valence-electron chi connectivity index (χ2n) is 12.0. The normalized spacial score (nSPS) is 18.5. The number of allylic oxidation sites excluding steroid dienone is 4. The van der Waals surface area contributed by atoms with Crippen LogP contribution in [0.4, 0.5) is 0 Å². The van der Waals surface area contributed by atoms with Crippen molar-refractivity contribution in [2.45, 2.75) is 46.5 Å². The number of carbonyl (C=O) groups is 1. The quantitative estimate of drug-likeness (QED) is 0.223. The SMILES string of the molecule is CCOC(=O)C[C@]12C(=C(c3ccccc3)c3ccccc3)C(=C(C)C)C(C)(C)C1=C(c1ccccc1)c1ccccc12. The van der Waals surface area contributed by atoms with Gasteiger partial charge < -0.3 is 4.74 Å². The molecule has 2 aliphatic carbocycles. The lowest BCUT2D eigenvalue weighted by atomic mass is 9.68. The molecule has 1 saturated carbocycles. The molecule has 0 saturated heterocycles. The average Bonchev–Trinajstić information content (AvgIpc) is 3.39. The van der Waals surface area contributed by atoms with Crippen molar-refractivity contribution in [1.82, 2.24) is 0 Å². The molecule has 4 aromatic carbocycles. The highest BCUT2D eigenvalue weighted by Gasteiger charge is 2.62. The molecule has 0 unspecified atom stereocenters. The highest BCUT2D eigenvalue weighted by Crippen LogP contribution is 2.71. The topological polar surface area (TPSA) is 26.3 Å². The van der Waals surface area contributed by atoms with E-state index in [9.17, 15) is 4.79 Å². The number of esters is 1. The Bertz CT molecular complexity index is 1690. The van der Waals surface area contributed by atoms with Crippen LogP contribution in [-0.4, -0.2) is 12.6 Å². The highest BCUT2D eigenvalue weighted by atomic mass is 16.5. The summed E-state index contributed by atoms with van der Waals surface area (Å²) >= 11 is 0. The minimum atomic E-state index is -0.703. The fourth-order valence-corrected chi connectivity index (χ4v) is 7.80. The molecule has 0 radical (unpaired) electrons. The van der Waals surface area contributed by atoms with Crippen molar-refractivity contribution in [3.05, 3.63) is 165 Å². The third kappa shape index (κ3) is 4.20. The van der Waals surface area contributed by atoms with E-state index in [1.807, 2.05) is 6.92 Å². The first-order chi connectivity index (χ1) is 20.3. The molecule has 1 atom stereocenters. The van der Waals surface area contributed by atoms with Crippen LogP contribution in [0.1, 0.15) is 68.9 Å². The van der Waals surface area contributed by atoms with Gasteiger partial charge in [0, 0.05) is 5.41 Å². The Kier molecular flexibility index (Phi) is 7.10. The molecule has 2 heteroatoms. The molecule has 2 nitrogen and oxygen atoms in total. The van der Waals surface area contributed by atoms with Crippen molar-refractivity contribution >= 4 is 17.1 Å². The van der Waals surface area contributed by atoms with Gasteiger partial charge in [0.05, 0.1) is 18.4 Å². The predicted molar refractivity (Wildman–Crippen MR) is 173 cm³/mol. The van der Waals surface area contributed by atoms with Gasteiger partial charge in [-0.15, -0.1) is 0 Å². The minimum absolute atomic E-state index is 0.178. The zero-order chi connectivity index (χ0) is 29.5. The van der Waals surface area contributed by atoms with E-state index in [1.54, 1.807) is 0 Å². The standard InChI is InChI=1S/C40H38O2/c1-6-42-33(41)26-40-32-25-17-16-24-31(32)35(30-22-14-9-15-23-30)38(40)39(4,5)36(27(2)3)37(40)34(28-18-10-7-11-19-28)29-20-12-8-13-21-29/h7-25H,6,26H2,1-5H3/t40-/m0/s1. The highest BCUT2D eigenvalue weighted by molar-refractivity contribution is 6.01. The Hall–Kier alpha value is -4.43. The summed E-state index contributed by atoms with van der Waals surface area (Å²) in [5, 5.41) is 0. The molecule has 0 aliphatic heterocycles. The van der Waals surface area contributed by atoms with E-state index in [-0.39, 0.29) is 17.8 Å². The molecule has 0 spiro atoms. The second-order valence-corrected chi connectivity index (χ2v) is 12.0. The fraction of sp³-hybridized carbons (Fsp3) is 0.225. The Morgan fingerprint density at radius 3 is 1.76 bits per heavy atom. The lowest BCUT2D eigenvalue weighted by Crippen LogP contribution is -2.31. The van der Waals surface area contributed by atoms with Crippen LogP contribution in [0, 0.1) is 5.41 Å². The van der Waals surface area contributed by atoms with Gasteiger partial charge in [-0.25, -0.2) is 0 Å². The van der Waals surface area contributed by atoms with Gasteiger partial charge in [0.1, 0.15) is 0 Å². The smallest absolute Gasteiger partial charge is 0.307 e. The molecule has 4 aromatic rings. The van der Waals surface area contributed by atoms with Gasteiger partial charge in [0.2, 0.25) is 0 Å². The molecular formula is C40H38O2. The minimum Gasteiger partial charge on any atom is -0.466 e. The van der Waals surface area contributed by atoms with Gasteiger partial charge in [-0.1, -0.05) is 135 Å². The van der Waals surface area contributed by atoms with E-state index in [1.165, 1.54) is 50.1 Å². The van der Waals surface area contributed by atoms with Crippen LogP contribution < -0.4 is 0 Å². The second kappa shape index (κ2) is 10.8. The van der Waals surface area contributed by atoms with Crippen LogP contribution in [0.25, 0.3) is 11.1 Å². The first-order valence-corrected chi connectivity index (χ1v) is 14.9. The van der Waals surface area contributed by atoms with Gasteiger partial charge >= 0.3 is 5.97 Å². The largest absolute Gasteiger partial charge is 0.466 e. The molecule has 2 aliphatic rings. The lowest BCUT2D eigenvalue weighted by molar-refractivity contribution is -0.144. The summed E-state index contributed by atoms with van der Waals surface area (Å²) in [5.41, 5.74) is 12.2. The van der Waals surface area contributed by atoms with E-state index in [2.05, 4.69) is 143 Å². The molecule has 6 rings (SSSR count). The maximum absolute atomic E-state index is 13.8. The Morgan fingerprint density at radius 2 is 1.21 bits per heavy atom. The van der Waals surface area contributed by atoms with Crippen molar-refractivity contribution in [3.63, 3.8) is 0 Å². The number of rotatable bonds is 6. The zero-order valence-electron chi connectivity index (χ0n) is 25.2. The summed E-state index contributed by atoms with van der Waals surface area (Å²) in [7, 11) is 0. The number of hydrogen-bond donors (Lipinski definition) is 0. The van der Waals surface area contributed by atoms with Crippen molar-refractivity contribution in [2.75, 3.05) is 6.61 Å². The summed E-state index contributed by atoms with van der Waals surface area (Å²) in [4.78, 5) is 13.8. The molecule has 0 amide bonds. The zero-order valence-corrected chi connectivity index (χ0v) is 25.2. The molecule has 42 heavy (non-hydrogen) atoms. The molecule has 0 bridgehead atoms. The van der Waals surface area contributed by atoms with Crippen LogP contribution >= 0.6 is 0 Å². The molecular weight excluding hydrogens is 512 g/mol. The fourth-order valence-electron chi connectivity index (χ4n) is 7.80. The van der Waals surface area contributed by atoms with Gasteiger partial charge in [-0.2, -0.15) is 0 Å². The average molecular weight is 551 g/mol. The monoisotopic (exact) mass is 550 g/mol. The summed E-state index contributed by atoms with van der Waals surface area (Å²) in [6.07, 6.45) is 0.238. The van der Waals surface area contributed by atoms with Gasteiger partial charge in [-0.3, -0.25) is 4.79 Å². The number of benzene rings is 4. The van der Waals surface area contributed by atoms with Crippen LogP contribution in [0.5, 0.6) is 0 Å². The van der Waals surface area contributed by atoms with E-state index >= 15 is 0 Å². The first-order valence-electron chi connectivity index (χ1n) is 14.9. The number of fused-ring (bicyclic) bond motifs is 3. The van der Waals surface area contributed by atoms with Crippen molar-refractivity contribution < 1.29 is 9.53 Å². The maximum atomic E-state index is 13.8. The molecule has 210 valence electrons. The Morgan fingerprint density at radius 1 is 0.690 bits per heavy atom. The van der Waals surface area contributed by atoms with Gasteiger partial charge in [0.25, 0.3) is 0 Å². The van der Waals surface area contributed by atoms with E-state index in [4.69, 9.17) is 4.74 Å². The van der Waals surface area contributed by atoms with E-state index < -0.39 is 5.41 Å². The summed E-state index contributed by atoms with van der Waals surface area (Å²) in [6.45, 7) is 11.4. The van der Waals surface area contributed by atoms with Gasteiger partial charge in [0.15, 0.2) is 0 Å². The predicted octanol–water partition coefficient (Wildman–Crippen LogP) is 9.57. The molecule has 0 N–H and O–H groups in total. The van der Waals surface area contributed by atoms with Crippen LogP contribution in [-0.2, 0) is 14.9 Å². The first kappa shape index (κ1) is 27.7. The summed E-state index contributed by atoms with van der Waals surface area (Å²) in [6, 6.07) is 40.7. The Balaban J connectivity index is 1.88. The number of carbonyl (C=O) groups excluding carboxylic acids is 1. The van der Waals surface area contributed by atoms with Crippen LogP contribution in [0.15, 0.2) is 138 Å². The molecule has 0 heterocycles. The lowest BCUT2D eigenvalue weighted by Gasteiger charge is -2.33. The van der Waals surface area contributed by atoms with Crippen LogP contribution in [0.3, 0.4) is 0 Å². The summed E-state index contributed by atoms with van der Waals surface area (Å²) < 4.78 is 5.77. The number of ether oxygens (including phenoxy) is 1. The van der Waals surface area contributed by atoms with Crippen molar-refractivity contribution in [3.8, 4) is 0 Å². The maximum Gasteiger partial charge on any atom is 0.307 e. The third-order valence-corrected chi connectivity index (χ3v) is 8.91. The summed E-state index contributed by atoms with van der Waals surface area (Å²) in [5.74, 6) is -0.178. The van der Waals surface area contributed by atoms with Crippen molar-refractivity contribution in [2.24, 2.45) is 5.41 Å².